The van der Waals surface area contributed by atoms with Crippen LogP contribution in [0.3, 0.4) is 0 Å². The Morgan fingerprint density at radius 1 is 0.608 bits per heavy atom. The van der Waals surface area contributed by atoms with Crippen molar-refractivity contribution in [3.63, 3.8) is 0 Å². The maximum Gasteiger partial charge on any atom is 0.306 e. The lowest BCUT2D eigenvalue weighted by Gasteiger charge is -2.21. The van der Waals surface area contributed by atoms with Gasteiger partial charge < -0.3 is 29.0 Å². The fourth-order valence-corrected chi connectivity index (χ4v) is 5.43. The van der Waals surface area contributed by atoms with Gasteiger partial charge in [-0.1, -0.05) is 95.4 Å². The second-order valence-corrected chi connectivity index (χ2v) is 13.3. The lowest BCUT2D eigenvalue weighted by molar-refractivity contribution is -0.159. The first kappa shape index (κ1) is 48.8. The number of rotatable bonds is 37. The number of unbranched alkanes of at least 4 members (excludes halogenated alkanes) is 13. The molecule has 0 aromatic carbocycles. The Labute approximate surface area is 313 Å². The van der Waals surface area contributed by atoms with Gasteiger partial charge in [0.25, 0.3) is 0 Å². The predicted octanol–water partition coefficient (Wildman–Crippen LogP) is 9.87. The molecule has 8 heteroatoms. The van der Waals surface area contributed by atoms with Crippen molar-refractivity contribution in [1.29, 1.82) is 0 Å². The lowest BCUT2D eigenvalue weighted by Crippen LogP contribution is -2.29. The molecule has 51 heavy (non-hydrogen) atoms. The smallest absolute Gasteiger partial charge is 0.306 e. The average Bonchev–Trinajstić information content (AvgIpc) is 3.13. The van der Waals surface area contributed by atoms with Crippen LogP contribution < -0.4 is 0 Å². The summed E-state index contributed by atoms with van der Waals surface area (Å²) in [5.74, 6) is 5.61. The van der Waals surface area contributed by atoms with E-state index in [1.807, 2.05) is 0 Å². The van der Waals surface area contributed by atoms with E-state index < -0.39 is 0 Å². The lowest BCUT2D eigenvalue weighted by atomic mass is 10.1. The van der Waals surface area contributed by atoms with Crippen LogP contribution in [0.4, 0.5) is 0 Å². The minimum Gasteiger partial charge on any atom is -0.466 e. The van der Waals surface area contributed by atoms with Crippen LogP contribution >= 0.6 is 0 Å². The Bertz CT molecular complexity index is 871. The Balaban J connectivity index is 4.05. The van der Waals surface area contributed by atoms with Crippen LogP contribution in [-0.4, -0.2) is 80.9 Å². The fraction of sp³-hybridized carbons (Fsp3) is 0.814. The first-order valence-electron chi connectivity index (χ1n) is 20.7. The quantitative estimate of drug-likeness (QED) is 0.0223. The Morgan fingerprint density at radius 2 is 1.18 bits per heavy atom. The number of hydrogen-bond donors (Lipinski definition) is 1. The number of aliphatic hydroxyl groups excluding tert-OH is 1. The standard InChI is InChI=1S/C43H77NO7/c1-4-7-10-13-20-28-39-50-43(51-40-29-21-14-11-8-5-2)32-31-42(47)49-38-27-22-18-25-34-44(35-36-45)33-24-17-15-16-23-30-41(46)48-37-26-19-12-9-6-3/h7-8,10-11,43,45H,4-6,9,12-18,20-25,27-40H2,1-3H3/b10-7-,11-8-. The van der Waals surface area contributed by atoms with Crippen LogP contribution in [0.15, 0.2) is 24.3 Å². The summed E-state index contributed by atoms with van der Waals surface area (Å²) in [4.78, 5) is 26.6. The second-order valence-electron chi connectivity index (χ2n) is 13.3. The van der Waals surface area contributed by atoms with E-state index in [0.29, 0.717) is 45.6 Å². The summed E-state index contributed by atoms with van der Waals surface area (Å²) in [6.07, 6.45) is 30.5. The van der Waals surface area contributed by atoms with Crippen molar-refractivity contribution < 1.29 is 33.6 Å². The van der Waals surface area contributed by atoms with E-state index in [-0.39, 0.29) is 31.4 Å². The third kappa shape index (κ3) is 37.4. The van der Waals surface area contributed by atoms with E-state index in [9.17, 15) is 14.7 Å². The molecular formula is C43H77NO7. The minimum absolute atomic E-state index is 0.152. The van der Waals surface area contributed by atoms with Crippen molar-refractivity contribution in [3.05, 3.63) is 24.3 Å². The number of ether oxygens (including phenoxy) is 4. The summed E-state index contributed by atoms with van der Waals surface area (Å²) in [6, 6.07) is 0. The Kier molecular flexibility index (Phi) is 38.9. The highest BCUT2D eigenvalue weighted by Crippen LogP contribution is 2.12. The van der Waals surface area contributed by atoms with Crippen molar-refractivity contribution in [2.45, 2.75) is 175 Å². The van der Waals surface area contributed by atoms with Gasteiger partial charge in [0.2, 0.25) is 0 Å². The number of aliphatic hydroxyl groups is 1. The predicted molar refractivity (Wildman–Crippen MR) is 210 cm³/mol. The summed E-state index contributed by atoms with van der Waals surface area (Å²) < 4.78 is 22.7. The summed E-state index contributed by atoms with van der Waals surface area (Å²) >= 11 is 0. The zero-order valence-electron chi connectivity index (χ0n) is 33.2. The maximum absolute atomic E-state index is 12.4. The largest absolute Gasteiger partial charge is 0.466 e. The molecule has 0 amide bonds. The van der Waals surface area contributed by atoms with Crippen LogP contribution in [0, 0.1) is 11.8 Å². The van der Waals surface area contributed by atoms with Gasteiger partial charge in [-0.25, -0.2) is 0 Å². The first-order valence-corrected chi connectivity index (χ1v) is 20.7. The van der Waals surface area contributed by atoms with Gasteiger partial charge >= 0.3 is 11.9 Å². The highest BCUT2D eigenvalue weighted by atomic mass is 16.7. The molecule has 0 rings (SSSR count). The first-order chi connectivity index (χ1) is 25.1. The molecule has 0 fully saturated rings. The van der Waals surface area contributed by atoms with Crippen molar-refractivity contribution >= 4 is 11.9 Å². The molecule has 0 spiro atoms. The molecule has 1 N–H and O–H groups in total. The maximum atomic E-state index is 12.4. The molecule has 8 nitrogen and oxygen atoms in total. The van der Waals surface area contributed by atoms with Crippen LogP contribution in [0.5, 0.6) is 0 Å². The van der Waals surface area contributed by atoms with Crippen LogP contribution in [0.25, 0.3) is 0 Å². The summed E-state index contributed by atoms with van der Waals surface area (Å²) in [5, 5.41) is 9.50. The number of nitrogens with zero attached hydrogens (tertiary/aromatic N) is 1. The molecule has 0 aliphatic heterocycles. The van der Waals surface area contributed by atoms with E-state index in [4.69, 9.17) is 18.9 Å². The molecule has 0 saturated heterocycles. The number of hydrogen-bond acceptors (Lipinski definition) is 8. The molecule has 0 aromatic rings. The molecule has 0 bridgehead atoms. The summed E-state index contributed by atoms with van der Waals surface area (Å²) in [7, 11) is 0. The summed E-state index contributed by atoms with van der Waals surface area (Å²) in [6.45, 7) is 11.2. The van der Waals surface area contributed by atoms with Gasteiger partial charge in [-0.15, -0.1) is 0 Å². The van der Waals surface area contributed by atoms with E-state index in [1.54, 1.807) is 0 Å². The molecule has 0 unspecified atom stereocenters. The third-order valence-corrected chi connectivity index (χ3v) is 8.52. The highest BCUT2D eigenvalue weighted by Gasteiger charge is 2.13. The van der Waals surface area contributed by atoms with Crippen molar-refractivity contribution in [2.75, 3.05) is 52.7 Å². The van der Waals surface area contributed by atoms with Gasteiger partial charge in [0.1, 0.15) is 0 Å². The van der Waals surface area contributed by atoms with Gasteiger partial charge in [0, 0.05) is 39.0 Å². The van der Waals surface area contributed by atoms with Crippen molar-refractivity contribution in [2.24, 2.45) is 0 Å². The molecule has 0 heterocycles. The van der Waals surface area contributed by atoms with Crippen LogP contribution in [-0.2, 0) is 28.5 Å². The SMILES string of the molecule is CC/C=C\CCCCOC(CCC(=O)OCCCCCCN(CCO)CCCCCCCC(=O)OCC#CCCCC)OCCCC/C=C\CC. The third-order valence-electron chi connectivity index (χ3n) is 8.52. The topological polar surface area (TPSA) is 94.5 Å². The molecular weight excluding hydrogens is 642 g/mol. The molecule has 0 saturated carbocycles. The van der Waals surface area contributed by atoms with E-state index in [2.05, 4.69) is 61.8 Å². The van der Waals surface area contributed by atoms with Gasteiger partial charge in [0.15, 0.2) is 12.9 Å². The van der Waals surface area contributed by atoms with Gasteiger partial charge in [0.05, 0.1) is 19.6 Å². The number of esters is 2. The monoisotopic (exact) mass is 720 g/mol. The van der Waals surface area contributed by atoms with E-state index in [1.165, 1.54) is 0 Å². The molecule has 0 aliphatic carbocycles. The van der Waals surface area contributed by atoms with Gasteiger partial charge in [-0.2, -0.15) is 0 Å². The zero-order valence-corrected chi connectivity index (χ0v) is 33.2. The van der Waals surface area contributed by atoms with E-state index >= 15 is 0 Å². The summed E-state index contributed by atoms with van der Waals surface area (Å²) in [5.41, 5.74) is 0. The highest BCUT2D eigenvalue weighted by molar-refractivity contribution is 5.69. The van der Waals surface area contributed by atoms with Crippen LogP contribution in [0.2, 0.25) is 0 Å². The Morgan fingerprint density at radius 3 is 1.78 bits per heavy atom. The molecule has 296 valence electrons. The normalized spacial score (nSPS) is 11.6. The minimum atomic E-state index is -0.363. The van der Waals surface area contributed by atoms with Crippen molar-refractivity contribution in [3.8, 4) is 11.8 Å². The number of allylic oxidation sites excluding steroid dienone is 4. The average molecular weight is 720 g/mol. The van der Waals surface area contributed by atoms with Crippen molar-refractivity contribution in [1.82, 2.24) is 4.90 Å². The zero-order chi connectivity index (χ0) is 37.3. The fourth-order valence-electron chi connectivity index (χ4n) is 5.43. The molecule has 0 radical (unpaired) electrons. The van der Waals surface area contributed by atoms with E-state index in [0.717, 1.165) is 142 Å². The molecule has 0 aliphatic rings. The number of carbonyl (C=O) groups excluding carboxylic acids is 2. The molecule has 0 atom stereocenters. The van der Waals surface area contributed by atoms with Crippen LogP contribution in [0.1, 0.15) is 168 Å². The molecule has 0 aromatic heterocycles. The van der Waals surface area contributed by atoms with Gasteiger partial charge in [-0.3, -0.25) is 9.59 Å². The second kappa shape index (κ2) is 40.6. The number of carbonyl (C=O) groups is 2. The Hall–Kier alpha value is -2.18. The van der Waals surface area contributed by atoms with Gasteiger partial charge in [-0.05, 0) is 96.6 Å².